The largest absolute Gasteiger partial charge is 0.342 e. The molecule has 2 heterocycles. The summed E-state index contributed by atoms with van der Waals surface area (Å²) in [5.74, 6) is 0.302. The highest BCUT2D eigenvalue weighted by Crippen LogP contribution is 2.20. The molecule has 4 nitrogen and oxygen atoms in total. The van der Waals surface area contributed by atoms with Crippen molar-refractivity contribution in [1.29, 1.82) is 0 Å². The molecule has 0 radical (unpaired) electrons. The summed E-state index contributed by atoms with van der Waals surface area (Å²) in [6.07, 6.45) is 8.06. The minimum Gasteiger partial charge on any atom is -0.342 e. The Bertz CT molecular complexity index is 309. The van der Waals surface area contributed by atoms with E-state index in [-0.39, 0.29) is 0 Å². The molecule has 1 atom stereocenters. The summed E-state index contributed by atoms with van der Waals surface area (Å²) in [5.41, 5.74) is 0. The van der Waals surface area contributed by atoms with Crippen LogP contribution in [0.3, 0.4) is 0 Å². The van der Waals surface area contributed by atoms with Gasteiger partial charge in [-0.25, -0.2) is 0 Å². The van der Waals surface area contributed by atoms with Crippen LogP contribution in [-0.2, 0) is 4.79 Å². The average Bonchev–Trinajstić information content (AvgIpc) is 2.78. The number of likely N-dealkylation sites (N-methyl/N-ethyl adjacent to an activating group) is 1. The fourth-order valence-electron chi connectivity index (χ4n) is 3.80. The third kappa shape index (κ3) is 4.96. The lowest BCUT2D eigenvalue weighted by molar-refractivity contribution is -0.132. The molecule has 0 aromatic rings. The topological polar surface area (TPSA) is 26.8 Å². The van der Waals surface area contributed by atoms with E-state index in [0.29, 0.717) is 18.5 Å². The number of carbonyl (C=O) groups excluding carboxylic acids is 1. The predicted octanol–water partition coefficient (Wildman–Crippen LogP) is 2.20. The first kappa shape index (κ1) is 16.8. The van der Waals surface area contributed by atoms with Crippen molar-refractivity contribution in [2.45, 2.75) is 58.4 Å². The molecule has 0 aromatic carbocycles. The fourth-order valence-corrected chi connectivity index (χ4v) is 3.80. The van der Waals surface area contributed by atoms with Crippen molar-refractivity contribution in [2.75, 3.05) is 45.8 Å². The molecule has 0 saturated carbocycles. The first-order valence-electron chi connectivity index (χ1n) is 8.98. The molecule has 2 fully saturated rings. The maximum absolute atomic E-state index is 12.3. The first-order chi connectivity index (χ1) is 10.2. The molecule has 0 N–H and O–H groups in total. The van der Waals surface area contributed by atoms with E-state index in [1.807, 2.05) is 4.90 Å². The zero-order chi connectivity index (χ0) is 15.1. The van der Waals surface area contributed by atoms with E-state index in [1.165, 1.54) is 51.6 Å². The number of rotatable bonds is 5. The molecule has 2 aliphatic rings. The Kier molecular flexibility index (Phi) is 6.97. The van der Waals surface area contributed by atoms with Gasteiger partial charge in [0.15, 0.2) is 0 Å². The molecular weight excluding hydrogens is 262 g/mol. The lowest BCUT2D eigenvalue weighted by Gasteiger charge is -2.39. The van der Waals surface area contributed by atoms with E-state index in [0.717, 1.165) is 26.2 Å². The maximum Gasteiger partial charge on any atom is 0.236 e. The fraction of sp³-hybridized carbons (Fsp3) is 0.941. The van der Waals surface area contributed by atoms with E-state index in [1.54, 1.807) is 0 Å². The Balaban J connectivity index is 1.83. The highest BCUT2D eigenvalue weighted by atomic mass is 16.2. The first-order valence-corrected chi connectivity index (χ1v) is 8.98. The summed E-state index contributed by atoms with van der Waals surface area (Å²) in [6, 6.07) is 0.682. The third-order valence-corrected chi connectivity index (χ3v) is 5.11. The van der Waals surface area contributed by atoms with Crippen molar-refractivity contribution in [2.24, 2.45) is 0 Å². The lowest BCUT2D eigenvalue weighted by atomic mass is 10.0. The summed E-state index contributed by atoms with van der Waals surface area (Å²) in [7, 11) is 0. The molecule has 1 amide bonds. The molecule has 2 aliphatic heterocycles. The Morgan fingerprint density at radius 1 is 1.00 bits per heavy atom. The Labute approximate surface area is 130 Å². The van der Waals surface area contributed by atoms with Gasteiger partial charge < -0.3 is 4.90 Å². The summed E-state index contributed by atoms with van der Waals surface area (Å²) in [6.45, 7) is 11.1. The van der Waals surface area contributed by atoms with Gasteiger partial charge in [0.1, 0.15) is 0 Å². The zero-order valence-electron chi connectivity index (χ0n) is 14.0. The molecule has 0 unspecified atom stereocenters. The highest BCUT2D eigenvalue weighted by molar-refractivity contribution is 5.78. The molecule has 4 heteroatoms. The van der Waals surface area contributed by atoms with Gasteiger partial charge >= 0.3 is 0 Å². The molecule has 0 bridgehead atoms. The number of likely N-dealkylation sites (tertiary alicyclic amines) is 2. The van der Waals surface area contributed by atoms with Crippen LogP contribution >= 0.6 is 0 Å². The van der Waals surface area contributed by atoms with E-state index in [9.17, 15) is 4.79 Å². The van der Waals surface area contributed by atoms with Crippen LogP contribution in [0.2, 0.25) is 0 Å². The van der Waals surface area contributed by atoms with Crippen molar-refractivity contribution in [1.82, 2.24) is 14.7 Å². The Morgan fingerprint density at radius 2 is 1.67 bits per heavy atom. The van der Waals surface area contributed by atoms with Gasteiger partial charge in [0.05, 0.1) is 6.54 Å². The van der Waals surface area contributed by atoms with Crippen molar-refractivity contribution >= 4 is 5.91 Å². The monoisotopic (exact) mass is 295 g/mol. The van der Waals surface area contributed by atoms with Gasteiger partial charge in [-0.05, 0) is 59.2 Å². The van der Waals surface area contributed by atoms with Gasteiger partial charge in [0.25, 0.3) is 0 Å². The smallest absolute Gasteiger partial charge is 0.236 e. The van der Waals surface area contributed by atoms with Crippen LogP contribution in [0.4, 0.5) is 0 Å². The predicted molar refractivity (Wildman–Crippen MR) is 87.4 cm³/mol. The van der Waals surface area contributed by atoms with Crippen LogP contribution in [0.25, 0.3) is 0 Å². The standard InChI is InChI=1S/C17H33N3O/c1-3-19(4-2)17(21)15-18-11-9-10-16(14-18)20-12-7-5-6-8-13-20/h16H,3-15H2,1-2H3/t16-/m1/s1. The molecule has 0 aliphatic carbocycles. The Morgan fingerprint density at radius 3 is 2.29 bits per heavy atom. The van der Waals surface area contributed by atoms with Gasteiger partial charge in [0.2, 0.25) is 5.91 Å². The quantitative estimate of drug-likeness (QED) is 0.778. The van der Waals surface area contributed by atoms with E-state index < -0.39 is 0 Å². The summed E-state index contributed by atoms with van der Waals surface area (Å²) < 4.78 is 0. The molecule has 21 heavy (non-hydrogen) atoms. The molecular formula is C17H33N3O. The number of hydrogen-bond donors (Lipinski definition) is 0. The van der Waals surface area contributed by atoms with E-state index >= 15 is 0 Å². The number of piperidine rings is 1. The van der Waals surface area contributed by atoms with E-state index in [4.69, 9.17) is 0 Å². The minimum atomic E-state index is 0.302. The second-order valence-corrected chi connectivity index (χ2v) is 6.55. The van der Waals surface area contributed by atoms with Crippen LogP contribution in [0.15, 0.2) is 0 Å². The van der Waals surface area contributed by atoms with Crippen molar-refractivity contribution in [3.05, 3.63) is 0 Å². The molecule has 0 aromatic heterocycles. The van der Waals surface area contributed by atoms with Gasteiger partial charge in [0, 0.05) is 25.7 Å². The number of amides is 1. The van der Waals surface area contributed by atoms with Crippen LogP contribution in [0.1, 0.15) is 52.4 Å². The normalized spacial score (nSPS) is 25.5. The molecule has 122 valence electrons. The second-order valence-electron chi connectivity index (χ2n) is 6.55. The number of hydrogen-bond acceptors (Lipinski definition) is 3. The van der Waals surface area contributed by atoms with Crippen LogP contribution in [-0.4, -0.2) is 72.5 Å². The number of carbonyl (C=O) groups is 1. The van der Waals surface area contributed by atoms with Gasteiger partial charge in [-0.15, -0.1) is 0 Å². The average molecular weight is 295 g/mol. The van der Waals surface area contributed by atoms with Gasteiger partial charge in [-0.2, -0.15) is 0 Å². The van der Waals surface area contributed by atoms with Crippen LogP contribution in [0, 0.1) is 0 Å². The SMILES string of the molecule is CCN(CC)C(=O)CN1CCC[C@@H](N2CCCCCC2)C1. The molecule has 2 saturated heterocycles. The van der Waals surface area contributed by atoms with Crippen molar-refractivity contribution < 1.29 is 4.79 Å². The second kappa shape index (κ2) is 8.74. The van der Waals surface area contributed by atoms with Crippen LogP contribution in [0.5, 0.6) is 0 Å². The summed E-state index contributed by atoms with van der Waals surface area (Å²) in [5, 5.41) is 0. The van der Waals surface area contributed by atoms with Gasteiger partial charge in [-0.1, -0.05) is 12.8 Å². The molecule has 2 rings (SSSR count). The molecule has 0 spiro atoms. The van der Waals surface area contributed by atoms with Crippen LogP contribution < -0.4 is 0 Å². The zero-order valence-corrected chi connectivity index (χ0v) is 14.0. The van der Waals surface area contributed by atoms with Crippen molar-refractivity contribution in [3.63, 3.8) is 0 Å². The lowest BCUT2D eigenvalue weighted by Crippen LogP contribution is -2.51. The summed E-state index contributed by atoms with van der Waals surface area (Å²) >= 11 is 0. The summed E-state index contributed by atoms with van der Waals surface area (Å²) in [4.78, 5) is 19.3. The highest BCUT2D eigenvalue weighted by Gasteiger charge is 2.27. The van der Waals surface area contributed by atoms with E-state index in [2.05, 4.69) is 23.6 Å². The number of nitrogens with zero attached hydrogens (tertiary/aromatic N) is 3. The maximum atomic E-state index is 12.3. The minimum absolute atomic E-state index is 0.302. The van der Waals surface area contributed by atoms with Gasteiger partial charge in [-0.3, -0.25) is 14.6 Å². The van der Waals surface area contributed by atoms with Crippen molar-refractivity contribution in [3.8, 4) is 0 Å². The third-order valence-electron chi connectivity index (χ3n) is 5.11. The Hall–Kier alpha value is -0.610.